The van der Waals surface area contributed by atoms with Gasteiger partial charge < -0.3 is 19.7 Å². The molecule has 1 N–H and O–H groups in total. The number of benzene rings is 1. The molecular weight excluding hydrogens is 589 g/mol. The summed E-state index contributed by atoms with van der Waals surface area (Å²) in [7, 11) is 0. The van der Waals surface area contributed by atoms with Gasteiger partial charge >= 0.3 is 0 Å². The Morgan fingerprint density at radius 2 is 1.84 bits per heavy atom. The predicted octanol–water partition coefficient (Wildman–Crippen LogP) is 6.28. The molecule has 1 amide bonds. The van der Waals surface area contributed by atoms with Gasteiger partial charge in [-0.25, -0.2) is 14.6 Å². The van der Waals surface area contributed by atoms with Crippen molar-refractivity contribution < 1.29 is 14.3 Å². The van der Waals surface area contributed by atoms with Crippen molar-refractivity contribution in [1.82, 2.24) is 30.0 Å². The molecule has 3 fully saturated rings. The third kappa shape index (κ3) is 5.52. The standard InChI is InChI=1S/C31H33Cl2N7O3/c1-19(28-23(32)17-34-18-24(28)33)43-21-5-6-25-22(14-21)29(38-40(25)27-4-2-3-13-42-27)20-15-35-30(36-16-20)39-11-9-31(10-12-39)8-7-26(41)37-31/h5-6,14-19,27H,2-4,7-13H2,1H3,(H,37,41)/t19-,27?/m1/s1. The summed E-state index contributed by atoms with van der Waals surface area (Å²) in [5.41, 5.74) is 3.15. The van der Waals surface area contributed by atoms with E-state index in [0.29, 0.717) is 40.3 Å². The minimum atomic E-state index is -0.399. The number of nitrogens with one attached hydrogen (secondary N) is 1. The highest BCUT2D eigenvalue weighted by Gasteiger charge is 2.40. The smallest absolute Gasteiger partial charge is 0.225 e. The van der Waals surface area contributed by atoms with E-state index < -0.39 is 6.10 Å². The van der Waals surface area contributed by atoms with Gasteiger partial charge in [-0.3, -0.25) is 9.78 Å². The Bertz CT molecular complexity index is 1630. The quantitative estimate of drug-likeness (QED) is 0.268. The summed E-state index contributed by atoms with van der Waals surface area (Å²) >= 11 is 12.8. The van der Waals surface area contributed by atoms with Crippen LogP contribution in [0.25, 0.3) is 22.2 Å². The maximum absolute atomic E-state index is 11.8. The van der Waals surface area contributed by atoms with Crippen molar-refractivity contribution >= 4 is 46.0 Å². The van der Waals surface area contributed by atoms with Crippen molar-refractivity contribution in [3.63, 3.8) is 0 Å². The number of hydrogen-bond donors (Lipinski definition) is 1. The number of amides is 1. The van der Waals surface area contributed by atoms with Crippen molar-refractivity contribution in [3.05, 3.63) is 58.6 Å². The molecule has 2 atom stereocenters. The lowest BCUT2D eigenvalue weighted by Gasteiger charge is -2.39. The van der Waals surface area contributed by atoms with E-state index in [2.05, 4.69) is 15.2 Å². The van der Waals surface area contributed by atoms with Gasteiger partial charge in [-0.15, -0.1) is 0 Å². The first-order valence-corrected chi connectivity index (χ1v) is 15.6. The minimum Gasteiger partial charge on any atom is -0.486 e. The summed E-state index contributed by atoms with van der Waals surface area (Å²) in [5.74, 6) is 1.51. The van der Waals surface area contributed by atoms with Crippen LogP contribution in [0.2, 0.25) is 10.0 Å². The number of piperidine rings is 1. The zero-order chi connectivity index (χ0) is 29.6. The molecule has 0 radical (unpaired) electrons. The zero-order valence-corrected chi connectivity index (χ0v) is 25.4. The van der Waals surface area contributed by atoms with Crippen molar-refractivity contribution in [3.8, 4) is 17.0 Å². The van der Waals surface area contributed by atoms with Crippen molar-refractivity contribution in [2.75, 3.05) is 24.6 Å². The van der Waals surface area contributed by atoms with Gasteiger partial charge in [0.25, 0.3) is 0 Å². The SMILES string of the molecule is C[C@@H](Oc1ccc2c(c1)c(-c1cnc(N3CCC4(CCC(=O)N4)CC3)nc1)nn2C1CCCCO1)c1c(Cl)cncc1Cl. The Morgan fingerprint density at radius 1 is 1.07 bits per heavy atom. The molecule has 43 heavy (non-hydrogen) atoms. The maximum Gasteiger partial charge on any atom is 0.225 e. The second-order valence-corrected chi connectivity index (χ2v) is 12.5. The molecule has 12 heteroatoms. The minimum absolute atomic E-state index is 0.0637. The van der Waals surface area contributed by atoms with Crippen LogP contribution in [0.15, 0.2) is 43.0 Å². The fourth-order valence-electron chi connectivity index (χ4n) is 6.51. The molecule has 10 nitrogen and oxygen atoms in total. The number of nitrogens with zero attached hydrogens (tertiary/aromatic N) is 6. The molecule has 1 aromatic carbocycles. The Morgan fingerprint density at radius 3 is 2.51 bits per heavy atom. The normalized spacial score (nSPS) is 20.9. The van der Waals surface area contributed by atoms with E-state index in [9.17, 15) is 4.79 Å². The summed E-state index contributed by atoms with van der Waals surface area (Å²) < 4.78 is 14.4. The van der Waals surface area contributed by atoms with Gasteiger partial charge in [-0.1, -0.05) is 23.2 Å². The predicted molar refractivity (Wildman–Crippen MR) is 164 cm³/mol. The molecule has 1 unspecified atom stereocenters. The van der Waals surface area contributed by atoms with Crippen LogP contribution in [-0.4, -0.2) is 55.9 Å². The molecule has 4 aromatic rings. The van der Waals surface area contributed by atoms with Gasteiger partial charge in [0.1, 0.15) is 17.5 Å². The number of fused-ring (bicyclic) bond motifs is 1. The molecule has 0 aliphatic carbocycles. The molecule has 224 valence electrons. The maximum atomic E-state index is 11.8. The summed E-state index contributed by atoms with van der Waals surface area (Å²) in [5, 5.41) is 10.1. The first kappa shape index (κ1) is 28.3. The second-order valence-electron chi connectivity index (χ2n) is 11.7. The van der Waals surface area contributed by atoms with E-state index in [-0.39, 0.29) is 17.7 Å². The molecule has 3 aliphatic heterocycles. The van der Waals surface area contributed by atoms with Crippen molar-refractivity contribution in [2.24, 2.45) is 0 Å². The van der Waals surface area contributed by atoms with Gasteiger partial charge in [-0.05, 0) is 63.6 Å². The van der Waals surface area contributed by atoms with Crippen LogP contribution in [0.1, 0.15) is 69.8 Å². The molecular formula is C31H33Cl2N7O3. The molecule has 3 aromatic heterocycles. The average molecular weight is 623 g/mol. The summed E-state index contributed by atoms with van der Waals surface area (Å²) in [6.45, 7) is 4.24. The number of hydrogen-bond acceptors (Lipinski definition) is 8. The van der Waals surface area contributed by atoms with Crippen LogP contribution in [0.5, 0.6) is 5.75 Å². The highest BCUT2D eigenvalue weighted by Crippen LogP contribution is 2.38. The number of anilines is 1. The molecule has 6 heterocycles. The molecule has 3 aliphatic rings. The zero-order valence-electron chi connectivity index (χ0n) is 23.9. The number of pyridine rings is 1. The van der Waals surface area contributed by atoms with E-state index >= 15 is 0 Å². The molecule has 0 saturated carbocycles. The lowest BCUT2D eigenvalue weighted by Crippen LogP contribution is -2.51. The van der Waals surface area contributed by atoms with Gasteiger partial charge in [0, 0.05) is 73.0 Å². The third-order valence-electron chi connectivity index (χ3n) is 8.87. The van der Waals surface area contributed by atoms with Crippen molar-refractivity contribution in [1.29, 1.82) is 0 Å². The fourth-order valence-corrected chi connectivity index (χ4v) is 7.18. The van der Waals surface area contributed by atoms with E-state index in [0.717, 1.165) is 73.8 Å². The molecule has 0 bridgehead atoms. The molecule has 3 saturated heterocycles. The molecule has 1 spiro atoms. The Hall–Kier alpha value is -3.47. The van der Waals surface area contributed by atoms with Crippen LogP contribution in [-0.2, 0) is 9.53 Å². The largest absolute Gasteiger partial charge is 0.486 e. The van der Waals surface area contributed by atoms with Crippen molar-refractivity contribution in [2.45, 2.75) is 69.7 Å². The van der Waals surface area contributed by atoms with Gasteiger partial charge in [0.05, 0.1) is 15.6 Å². The lowest BCUT2D eigenvalue weighted by atomic mass is 9.86. The summed E-state index contributed by atoms with van der Waals surface area (Å²) in [6, 6.07) is 5.94. The van der Waals surface area contributed by atoms with Crippen LogP contribution in [0.4, 0.5) is 5.95 Å². The monoisotopic (exact) mass is 621 g/mol. The molecule has 7 rings (SSSR count). The number of aromatic nitrogens is 5. The van der Waals surface area contributed by atoms with Crippen LogP contribution >= 0.6 is 23.2 Å². The fraction of sp³-hybridized carbons (Fsp3) is 0.452. The highest BCUT2D eigenvalue weighted by molar-refractivity contribution is 6.35. The van der Waals surface area contributed by atoms with Crippen LogP contribution in [0, 0.1) is 0 Å². The second kappa shape index (κ2) is 11.6. The van der Waals surface area contributed by atoms with E-state index in [4.69, 9.17) is 47.7 Å². The highest BCUT2D eigenvalue weighted by atomic mass is 35.5. The van der Waals surface area contributed by atoms with Gasteiger partial charge in [0.15, 0.2) is 6.23 Å². The Balaban J connectivity index is 1.18. The van der Waals surface area contributed by atoms with E-state index in [1.165, 1.54) is 0 Å². The van der Waals surface area contributed by atoms with Crippen LogP contribution in [0.3, 0.4) is 0 Å². The van der Waals surface area contributed by atoms with E-state index in [1.54, 1.807) is 12.4 Å². The van der Waals surface area contributed by atoms with Crippen LogP contribution < -0.4 is 15.0 Å². The number of ether oxygens (including phenoxy) is 2. The third-order valence-corrected chi connectivity index (χ3v) is 9.47. The number of carbonyl (C=O) groups excluding carboxylic acids is 1. The van der Waals surface area contributed by atoms with Gasteiger partial charge in [-0.2, -0.15) is 5.10 Å². The first-order chi connectivity index (χ1) is 20.9. The lowest BCUT2D eigenvalue weighted by molar-refractivity contribution is -0.119. The Labute approximate surface area is 259 Å². The number of carbonyl (C=O) groups is 1. The van der Waals surface area contributed by atoms with E-state index in [1.807, 2.05) is 42.2 Å². The van der Waals surface area contributed by atoms with Gasteiger partial charge in [0.2, 0.25) is 11.9 Å². The first-order valence-electron chi connectivity index (χ1n) is 14.9. The summed E-state index contributed by atoms with van der Waals surface area (Å²) in [4.78, 5) is 27.6. The topological polar surface area (TPSA) is 107 Å². The Kier molecular flexibility index (Phi) is 7.61. The summed E-state index contributed by atoms with van der Waals surface area (Å²) in [6.07, 6.45) is 12.6. The average Bonchev–Trinajstić information content (AvgIpc) is 3.58. The number of rotatable bonds is 6. The number of halogens is 2.